The fraction of sp³-hybridized carbons (Fsp3) is 0.700. The molecule has 0 atom stereocenters. The van der Waals surface area contributed by atoms with E-state index in [2.05, 4.69) is 15.6 Å². The van der Waals surface area contributed by atoms with Crippen LogP contribution in [-0.2, 0) is 4.79 Å². The Labute approximate surface area is 93.6 Å². The molecule has 1 aliphatic carbocycles. The van der Waals surface area contributed by atoms with Gasteiger partial charge in [0.05, 0.1) is 0 Å². The molecule has 0 aliphatic heterocycles. The third-order valence-corrected chi connectivity index (χ3v) is 3.15. The number of hydrazine groups is 1. The summed E-state index contributed by atoms with van der Waals surface area (Å²) in [5.74, 6) is 6.76. The highest BCUT2D eigenvalue weighted by Gasteiger charge is 2.28. The first-order valence-corrected chi connectivity index (χ1v) is 5.51. The van der Waals surface area contributed by atoms with Gasteiger partial charge in [0.2, 0.25) is 11.8 Å². The average molecular weight is 224 g/mol. The topological polar surface area (TPSA) is 94.0 Å². The van der Waals surface area contributed by atoms with Crippen molar-refractivity contribution < 1.29 is 9.32 Å². The molecule has 0 unspecified atom stereocenters. The van der Waals surface area contributed by atoms with Crippen molar-refractivity contribution in [2.45, 2.75) is 38.5 Å². The van der Waals surface area contributed by atoms with E-state index in [-0.39, 0.29) is 11.8 Å². The van der Waals surface area contributed by atoms with Gasteiger partial charge in [-0.2, -0.15) is 4.98 Å². The number of nitrogens with two attached hydrogens (primary N) is 1. The molecule has 1 aliphatic rings. The number of amides is 1. The number of nitrogens with one attached hydrogen (secondary N) is 1. The molecule has 0 saturated heterocycles. The van der Waals surface area contributed by atoms with Crippen molar-refractivity contribution in [1.29, 1.82) is 0 Å². The van der Waals surface area contributed by atoms with E-state index in [0.29, 0.717) is 11.8 Å². The Morgan fingerprint density at radius 1 is 1.44 bits per heavy atom. The maximum absolute atomic E-state index is 11.3. The molecule has 1 aromatic heterocycles. The Bertz CT molecular complexity index is 369. The zero-order chi connectivity index (χ0) is 11.5. The van der Waals surface area contributed by atoms with Gasteiger partial charge in [0, 0.05) is 18.8 Å². The lowest BCUT2D eigenvalue weighted by atomic mass is 9.81. The fourth-order valence-electron chi connectivity index (χ4n) is 2.21. The van der Waals surface area contributed by atoms with E-state index in [1.807, 2.05) is 0 Å². The fourth-order valence-corrected chi connectivity index (χ4v) is 2.21. The molecule has 1 fully saturated rings. The Kier molecular flexibility index (Phi) is 3.19. The van der Waals surface area contributed by atoms with E-state index < -0.39 is 0 Å². The van der Waals surface area contributed by atoms with Gasteiger partial charge in [-0.3, -0.25) is 10.2 Å². The number of hydrogen-bond acceptors (Lipinski definition) is 5. The molecule has 3 N–H and O–H groups in total. The van der Waals surface area contributed by atoms with Crippen molar-refractivity contribution in [3.8, 4) is 0 Å². The third kappa shape index (κ3) is 2.21. The van der Waals surface area contributed by atoms with Crippen LogP contribution in [0.15, 0.2) is 4.52 Å². The summed E-state index contributed by atoms with van der Waals surface area (Å²) in [6.45, 7) is 1.78. The van der Waals surface area contributed by atoms with Crippen LogP contribution in [0.2, 0.25) is 0 Å². The summed E-state index contributed by atoms with van der Waals surface area (Å²) in [5, 5.41) is 3.92. The third-order valence-electron chi connectivity index (χ3n) is 3.15. The summed E-state index contributed by atoms with van der Waals surface area (Å²) in [6.07, 6.45) is 3.50. The summed E-state index contributed by atoms with van der Waals surface area (Å²) in [4.78, 5) is 15.5. The molecule has 6 nitrogen and oxygen atoms in total. The Morgan fingerprint density at radius 2 is 2.12 bits per heavy atom. The zero-order valence-electron chi connectivity index (χ0n) is 9.27. The number of carbonyl (C=O) groups is 1. The van der Waals surface area contributed by atoms with Crippen LogP contribution in [0.5, 0.6) is 0 Å². The predicted octanol–water partition coefficient (Wildman–Crippen LogP) is 0.642. The highest BCUT2D eigenvalue weighted by molar-refractivity contribution is 5.78. The number of aromatic nitrogens is 2. The summed E-state index contributed by atoms with van der Waals surface area (Å²) >= 11 is 0. The van der Waals surface area contributed by atoms with Crippen LogP contribution in [0.1, 0.15) is 43.3 Å². The number of nitrogens with zero attached hydrogens (tertiary/aromatic N) is 2. The van der Waals surface area contributed by atoms with Crippen LogP contribution in [-0.4, -0.2) is 16.0 Å². The Balaban J connectivity index is 1.92. The first-order valence-electron chi connectivity index (χ1n) is 5.51. The molecule has 0 spiro atoms. The average Bonchev–Trinajstić information content (AvgIpc) is 2.75. The van der Waals surface area contributed by atoms with Gasteiger partial charge in [0.25, 0.3) is 0 Å². The molecule has 1 aromatic rings. The summed E-state index contributed by atoms with van der Waals surface area (Å²) in [5.41, 5.74) is 2.20. The van der Waals surface area contributed by atoms with Gasteiger partial charge in [0.1, 0.15) is 0 Å². The second kappa shape index (κ2) is 4.61. The highest BCUT2D eigenvalue weighted by atomic mass is 16.5. The SMILES string of the molecule is Cc1nc([C@H]2CC[C@@H](C(=O)NN)CC2)no1. The largest absolute Gasteiger partial charge is 0.340 e. The van der Waals surface area contributed by atoms with Crippen molar-refractivity contribution in [1.82, 2.24) is 15.6 Å². The minimum atomic E-state index is -0.0669. The van der Waals surface area contributed by atoms with Crippen LogP contribution in [0.4, 0.5) is 0 Å². The number of rotatable bonds is 2. The molecule has 0 aromatic carbocycles. The molecule has 6 heteroatoms. The maximum Gasteiger partial charge on any atom is 0.236 e. The van der Waals surface area contributed by atoms with E-state index in [9.17, 15) is 4.79 Å². The van der Waals surface area contributed by atoms with E-state index in [1.54, 1.807) is 6.92 Å². The molecule has 1 saturated carbocycles. The van der Waals surface area contributed by atoms with Gasteiger partial charge in [-0.1, -0.05) is 5.16 Å². The minimum Gasteiger partial charge on any atom is -0.340 e. The number of hydrogen-bond donors (Lipinski definition) is 2. The van der Waals surface area contributed by atoms with Gasteiger partial charge in [-0.15, -0.1) is 0 Å². The molecule has 16 heavy (non-hydrogen) atoms. The van der Waals surface area contributed by atoms with Crippen LogP contribution in [0.25, 0.3) is 0 Å². The molecule has 2 rings (SSSR count). The van der Waals surface area contributed by atoms with Crippen molar-refractivity contribution >= 4 is 5.91 Å². The highest BCUT2D eigenvalue weighted by Crippen LogP contribution is 2.34. The van der Waals surface area contributed by atoms with Gasteiger partial charge in [0.15, 0.2) is 5.82 Å². The minimum absolute atomic E-state index is 0.0363. The Morgan fingerprint density at radius 3 is 2.62 bits per heavy atom. The van der Waals surface area contributed by atoms with Crippen LogP contribution in [0.3, 0.4) is 0 Å². The molecule has 0 radical (unpaired) electrons. The molecule has 1 heterocycles. The maximum atomic E-state index is 11.3. The van der Waals surface area contributed by atoms with Gasteiger partial charge < -0.3 is 4.52 Å². The molecule has 0 bridgehead atoms. The van der Waals surface area contributed by atoms with Crippen molar-refractivity contribution in [3.05, 3.63) is 11.7 Å². The lowest BCUT2D eigenvalue weighted by molar-refractivity contribution is -0.126. The monoisotopic (exact) mass is 224 g/mol. The van der Waals surface area contributed by atoms with Gasteiger partial charge in [-0.05, 0) is 25.7 Å². The molecule has 1 amide bonds. The molecular weight excluding hydrogens is 208 g/mol. The van der Waals surface area contributed by atoms with Gasteiger partial charge in [-0.25, -0.2) is 5.84 Å². The number of carbonyl (C=O) groups excluding carboxylic acids is 1. The van der Waals surface area contributed by atoms with Crippen LogP contribution >= 0.6 is 0 Å². The smallest absolute Gasteiger partial charge is 0.236 e. The molecule has 88 valence electrons. The first kappa shape index (κ1) is 11.1. The van der Waals surface area contributed by atoms with E-state index in [0.717, 1.165) is 31.5 Å². The summed E-state index contributed by atoms with van der Waals surface area (Å²) in [7, 11) is 0. The van der Waals surface area contributed by atoms with Crippen LogP contribution < -0.4 is 11.3 Å². The molecular formula is C10H16N4O2. The van der Waals surface area contributed by atoms with Crippen LogP contribution in [0, 0.1) is 12.8 Å². The first-order chi connectivity index (χ1) is 7.70. The Hall–Kier alpha value is -1.43. The van der Waals surface area contributed by atoms with Crippen molar-refractivity contribution in [2.24, 2.45) is 11.8 Å². The van der Waals surface area contributed by atoms with Gasteiger partial charge >= 0.3 is 0 Å². The summed E-state index contributed by atoms with van der Waals surface area (Å²) in [6, 6.07) is 0. The zero-order valence-corrected chi connectivity index (χ0v) is 9.27. The number of aryl methyl sites for hydroxylation is 1. The van der Waals surface area contributed by atoms with E-state index in [1.165, 1.54) is 0 Å². The lowest BCUT2D eigenvalue weighted by Gasteiger charge is -2.25. The van der Waals surface area contributed by atoms with Crippen molar-refractivity contribution in [3.63, 3.8) is 0 Å². The van der Waals surface area contributed by atoms with E-state index in [4.69, 9.17) is 10.4 Å². The summed E-state index contributed by atoms with van der Waals surface area (Å²) < 4.78 is 4.95. The van der Waals surface area contributed by atoms with E-state index >= 15 is 0 Å². The second-order valence-corrected chi connectivity index (χ2v) is 4.23. The normalized spacial score (nSPS) is 25.4. The lowest BCUT2D eigenvalue weighted by Crippen LogP contribution is -2.37. The predicted molar refractivity (Wildman–Crippen MR) is 56.1 cm³/mol. The standard InChI is InChI=1S/C10H16N4O2/c1-6-12-9(14-16-6)7-2-4-8(5-3-7)10(15)13-11/h7-8H,2-5,11H2,1H3,(H,13,15)/t7-,8+. The quantitative estimate of drug-likeness (QED) is 0.437. The second-order valence-electron chi connectivity index (χ2n) is 4.23. The van der Waals surface area contributed by atoms with Crippen molar-refractivity contribution in [2.75, 3.05) is 0 Å².